The number of phenolic OH excluding ortho intramolecular Hbond substituents is 1. The molecule has 1 aromatic heterocycles. The third-order valence-electron chi connectivity index (χ3n) is 6.74. The Labute approximate surface area is 234 Å². The second-order valence-electron chi connectivity index (χ2n) is 10.7. The molecule has 5 aromatic rings. The molecular weight excluding hydrogens is 547 g/mol. The molecule has 0 aliphatic carbocycles. The zero-order valence-electron chi connectivity index (χ0n) is 22.8. The van der Waals surface area contributed by atoms with Gasteiger partial charge in [-0.05, 0) is 0 Å². The van der Waals surface area contributed by atoms with Gasteiger partial charge in [-0.25, -0.2) is 0 Å². The number of rotatable bonds is 6. The summed E-state index contributed by atoms with van der Waals surface area (Å²) >= 11 is -1.64. The van der Waals surface area contributed by atoms with Crippen molar-refractivity contribution < 1.29 is 5.11 Å². The first-order valence-corrected chi connectivity index (χ1v) is 16.0. The van der Waals surface area contributed by atoms with Gasteiger partial charge in [0.2, 0.25) is 0 Å². The van der Waals surface area contributed by atoms with Crippen LogP contribution < -0.4 is 14.5 Å². The van der Waals surface area contributed by atoms with Gasteiger partial charge in [-0.15, -0.1) is 0 Å². The fraction of sp³-hybridized carbons (Fsp3) is 0.176. The molecule has 0 saturated carbocycles. The second-order valence-corrected chi connectivity index (χ2v) is 14.9. The number of aromatic nitrogens is 2. The molecule has 197 valence electrons. The van der Waals surface area contributed by atoms with E-state index in [1.165, 1.54) is 4.46 Å². The van der Waals surface area contributed by atoms with Crippen molar-refractivity contribution in [3.8, 4) is 11.4 Å². The van der Waals surface area contributed by atoms with Gasteiger partial charge in [0.25, 0.3) is 0 Å². The molecule has 0 aliphatic heterocycles. The van der Waals surface area contributed by atoms with Crippen LogP contribution in [0.3, 0.4) is 0 Å². The number of para-hydroxylation sites is 1. The molecule has 4 nitrogen and oxygen atoms in total. The van der Waals surface area contributed by atoms with Crippen LogP contribution in [0.2, 0.25) is 5.32 Å². The monoisotopic (exact) mass is 581 g/mol. The molecule has 4 aromatic carbocycles. The Morgan fingerprint density at radius 1 is 0.897 bits per heavy atom. The summed E-state index contributed by atoms with van der Waals surface area (Å²) in [6.07, 6.45) is 4.06. The van der Waals surface area contributed by atoms with Crippen molar-refractivity contribution in [1.29, 1.82) is 0 Å². The van der Waals surface area contributed by atoms with E-state index < -0.39 is 13.9 Å². The summed E-state index contributed by atoms with van der Waals surface area (Å²) in [5.41, 5.74) is 3.58. The third-order valence-corrected chi connectivity index (χ3v) is 11.4. The van der Waals surface area contributed by atoms with Crippen molar-refractivity contribution in [2.75, 3.05) is 0 Å². The maximum atomic E-state index is 13.6. The van der Waals surface area contributed by atoms with E-state index in [9.17, 15) is 9.90 Å². The summed E-state index contributed by atoms with van der Waals surface area (Å²) in [6.45, 7) is 8.49. The van der Waals surface area contributed by atoms with Crippen molar-refractivity contribution in [1.82, 2.24) is 9.55 Å². The minimum atomic E-state index is -1.64. The molecule has 1 heterocycles. The topological polar surface area (TPSA) is 55.1 Å². The van der Waals surface area contributed by atoms with Crippen LogP contribution in [0.25, 0.3) is 22.7 Å². The van der Waals surface area contributed by atoms with Crippen molar-refractivity contribution >= 4 is 39.8 Å². The molecule has 0 spiro atoms. The fourth-order valence-electron chi connectivity index (χ4n) is 4.54. The van der Waals surface area contributed by atoms with Crippen molar-refractivity contribution in [2.45, 2.75) is 38.4 Å². The molecule has 0 atom stereocenters. The molecule has 1 N–H and O–H groups in total. The SMILES string of the molecule is Cc1ccc(-n2c(/C=C/C[Se](c3ccccc3)c3ccc(C(C)(C)C)cc3O)nc3ccccc3c2=O)cc1. The van der Waals surface area contributed by atoms with E-state index >= 15 is 0 Å². The van der Waals surface area contributed by atoms with E-state index in [2.05, 4.69) is 63.2 Å². The Morgan fingerprint density at radius 3 is 2.28 bits per heavy atom. The van der Waals surface area contributed by atoms with Crippen LogP contribution in [-0.4, -0.2) is 28.6 Å². The Bertz CT molecular complexity index is 1700. The van der Waals surface area contributed by atoms with Gasteiger partial charge in [-0.2, -0.15) is 0 Å². The summed E-state index contributed by atoms with van der Waals surface area (Å²) in [4.78, 5) is 18.5. The first kappa shape index (κ1) is 26.7. The number of fused-ring (bicyclic) bond motifs is 1. The quantitative estimate of drug-likeness (QED) is 0.250. The first-order chi connectivity index (χ1) is 18.7. The molecule has 1 radical (unpaired) electrons. The minimum absolute atomic E-state index is 0.0421. The van der Waals surface area contributed by atoms with Crippen LogP contribution >= 0.6 is 0 Å². The van der Waals surface area contributed by atoms with Crippen LogP contribution in [0.1, 0.15) is 37.7 Å². The molecule has 0 amide bonds. The summed E-state index contributed by atoms with van der Waals surface area (Å²) in [7, 11) is 0. The van der Waals surface area contributed by atoms with Gasteiger partial charge < -0.3 is 0 Å². The van der Waals surface area contributed by atoms with Gasteiger partial charge >= 0.3 is 235 Å². The predicted octanol–water partition coefficient (Wildman–Crippen LogP) is 6.02. The Hall–Kier alpha value is -3.92. The Morgan fingerprint density at radius 2 is 1.59 bits per heavy atom. The van der Waals surface area contributed by atoms with Crippen LogP contribution in [0.4, 0.5) is 0 Å². The molecule has 5 rings (SSSR count). The van der Waals surface area contributed by atoms with Crippen molar-refractivity contribution in [3.05, 3.63) is 130 Å². The summed E-state index contributed by atoms with van der Waals surface area (Å²) in [6, 6.07) is 32.0. The molecule has 0 saturated heterocycles. The number of aromatic hydroxyl groups is 1. The average Bonchev–Trinajstić information content (AvgIpc) is 2.92. The van der Waals surface area contributed by atoms with E-state index in [0.717, 1.165) is 26.6 Å². The fourth-order valence-corrected chi connectivity index (χ4v) is 8.62. The number of aryl methyl sites for hydroxylation is 1. The zero-order chi connectivity index (χ0) is 27.6. The van der Waals surface area contributed by atoms with Gasteiger partial charge in [0.05, 0.1) is 0 Å². The van der Waals surface area contributed by atoms with Gasteiger partial charge in [0, 0.05) is 0 Å². The second kappa shape index (κ2) is 11.1. The Balaban J connectivity index is 1.57. The van der Waals surface area contributed by atoms with E-state index in [0.29, 0.717) is 22.5 Å². The molecule has 0 aliphatic rings. The van der Waals surface area contributed by atoms with Crippen molar-refractivity contribution in [3.63, 3.8) is 0 Å². The zero-order valence-corrected chi connectivity index (χ0v) is 24.5. The molecule has 0 fully saturated rings. The van der Waals surface area contributed by atoms with E-state index in [-0.39, 0.29) is 11.0 Å². The molecule has 39 heavy (non-hydrogen) atoms. The number of allylic oxidation sites excluding steroid dienone is 1. The molecule has 0 unspecified atom stereocenters. The number of benzene rings is 4. The van der Waals surface area contributed by atoms with Crippen LogP contribution in [-0.2, 0) is 5.41 Å². The van der Waals surface area contributed by atoms with Crippen molar-refractivity contribution in [2.24, 2.45) is 0 Å². The van der Waals surface area contributed by atoms with Crippen LogP contribution in [0.15, 0.2) is 108 Å². The predicted molar refractivity (Wildman–Crippen MR) is 164 cm³/mol. The maximum absolute atomic E-state index is 13.6. The van der Waals surface area contributed by atoms with Crippen LogP contribution in [0.5, 0.6) is 5.75 Å². The van der Waals surface area contributed by atoms with Gasteiger partial charge in [0.1, 0.15) is 0 Å². The first-order valence-electron chi connectivity index (χ1n) is 13.1. The van der Waals surface area contributed by atoms with Gasteiger partial charge in [0.15, 0.2) is 0 Å². The third kappa shape index (κ3) is 5.75. The number of hydrogen-bond donors (Lipinski definition) is 1. The number of hydrogen-bond acceptors (Lipinski definition) is 3. The Kier molecular flexibility index (Phi) is 7.56. The number of phenols is 1. The van der Waals surface area contributed by atoms with Gasteiger partial charge in [-0.3, -0.25) is 0 Å². The van der Waals surface area contributed by atoms with Crippen LogP contribution in [0, 0.1) is 6.92 Å². The van der Waals surface area contributed by atoms with E-state index in [1.807, 2.05) is 73.7 Å². The normalized spacial score (nSPS) is 12.0. The van der Waals surface area contributed by atoms with E-state index in [4.69, 9.17) is 4.98 Å². The summed E-state index contributed by atoms with van der Waals surface area (Å²) in [5, 5.41) is 12.5. The molecule has 5 heteroatoms. The molecule has 0 bridgehead atoms. The summed E-state index contributed by atoms with van der Waals surface area (Å²) < 4.78 is 3.93. The van der Waals surface area contributed by atoms with Gasteiger partial charge in [-0.1, -0.05) is 0 Å². The summed E-state index contributed by atoms with van der Waals surface area (Å²) in [5.74, 6) is 0.943. The average molecular weight is 581 g/mol. The molecular formula is C34H33N2O2Se. The van der Waals surface area contributed by atoms with E-state index in [1.54, 1.807) is 4.57 Å². The number of nitrogens with zero attached hydrogens (tertiary/aromatic N) is 2. The standard InChI is InChI=1S/C34H33N2O2Se/c1-24-16-19-26(20-17-24)36-32(35-29-14-9-8-13-28(29)33(36)38)15-10-22-39(27-11-6-5-7-12-27)31-21-18-25(23-30(31)37)34(2,3)4/h5-21,23,37H,22H2,1-4H3/b15-10+.